The molecule has 2 aliphatic rings. The Bertz CT molecular complexity index is 804. The summed E-state index contributed by atoms with van der Waals surface area (Å²) in [7, 11) is 0. The number of carbonyl (C=O) groups excluding carboxylic acids is 2. The summed E-state index contributed by atoms with van der Waals surface area (Å²) < 4.78 is 0. The first-order chi connectivity index (χ1) is 13.2. The molecule has 1 unspecified atom stereocenters. The third-order valence-corrected chi connectivity index (χ3v) is 5.41. The Morgan fingerprint density at radius 3 is 2.48 bits per heavy atom. The molecular weight excluding hydrogens is 338 g/mol. The van der Waals surface area contributed by atoms with E-state index in [-0.39, 0.29) is 17.9 Å². The molecule has 2 saturated heterocycles. The molecule has 1 atom stereocenters. The molecule has 2 amide bonds. The van der Waals surface area contributed by atoms with Crippen LogP contribution >= 0.6 is 0 Å². The maximum Gasteiger partial charge on any atom is 0.241 e. The van der Waals surface area contributed by atoms with Crippen LogP contribution in [-0.2, 0) is 16.1 Å². The summed E-state index contributed by atoms with van der Waals surface area (Å²) in [6.07, 6.45) is 3.47. The van der Waals surface area contributed by atoms with Gasteiger partial charge in [-0.05, 0) is 55.6 Å². The van der Waals surface area contributed by atoms with E-state index in [1.165, 1.54) is 5.56 Å². The van der Waals surface area contributed by atoms with Crippen LogP contribution in [0.15, 0.2) is 54.6 Å². The van der Waals surface area contributed by atoms with Gasteiger partial charge in [0.25, 0.3) is 0 Å². The molecule has 27 heavy (non-hydrogen) atoms. The highest BCUT2D eigenvalue weighted by Gasteiger charge is 2.30. The van der Waals surface area contributed by atoms with E-state index in [4.69, 9.17) is 0 Å². The van der Waals surface area contributed by atoms with Crippen LogP contribution in [0.2, 0.25) is 0 Å². The van der Waals surface area contributed by atoms with Gasteiger partial charge in [-0.25, -0.2) is 0 Å². The quantitative estimate of drug-likeness (QED) is 0.886. The number of hydrogen-bond donors (Lipinski definition) is 1. The fourth-order valence-electron chi connectivity index (χ4n) is 4.00. The third-order valence-electron chi connectivity index (χ3n) is 5.41. The van der Waals surface area contributed by atoms with Gasteiger partial charge in [0.1, 0.15) is 0 Å². The fraction of sp³-hybridized carbons (Fsp3) is 0.364. The Labute approximate surface area is 160 Å². The van der Waals surface area contributed by atoms with Crippen LogP contribution in [0.1, 0.15) is 31.2 Å². The van der Waals surface area contributed by atoms with E-state index in [9.17, 15) is 9.59 Å². The second-order valence-electron chi connectivity index (χ2n) is 7.30. The van der Waals surface area contributed by atoms with Gasteiger partial charge in [0.15, 0.2) is 0 Å². The molecule has 0 bridgehead atoms. The summed E-state index contributed by atoms with van der Waals surface area (Å²) in [6, 6.07) is 17.8. The maximum atomic E-state index is 12.8. The lowest BCUT2D eigenvalue weighted by Gasteiger charge is -2.24. The van der Waals surface area contributed by atoms with E-state index >= 15 is 0 Å². The standard InChI is InChI=1S/C22H25N3O2/c26-21-9-5-15-25(21)19-12-10-18(11-13-19)23-22(27)20-8-4-14-24(20)16-17-6-2-1-3-7-17/h1-3,6-7,10-13,20H,4-5,8-9,14-16H2,(H,23,27). The molecule has 0 saturated carbocycles. The predicted octanol–water partition coefficient (Wildman–Crippen LogP) is 3.42. The van der Waals surface area contributed by atoms with Crippen molar-refractivity contribution in [3.8, 4) is 0 Å². The Balaban J connectivity index is 1.38. The van der Waals surface area contributed by atoms with Gasteiger partial charge in [0.05, 0.1) is 6.04 Å². The molecule has 2 heterocycles. The Hall–Kier alpha value is -2.66. The zero-order valence-electron chi connectivity index (χ0n) is 15.4. The van der Waals surface area contributed by atoms with E-state index < -0.39 is 0 Å². The lowest BCUT2D eigenvalue weighted by atomic mass is 10.1. The summed E-state index contributed by atoms with van der Waals surface area (Å²) in [5.74, 6) is 0.225. The molecule has 2 aliphatic heterocycles. The zero-order valence-corrected chi connectivity index (χ0v) is 15.4. The summed E-state index contributed by atoms with van der Waals surface area (Å²) >= 11 is 0. The number of anilines is 2. The number of hydrogen-bond acceptors (Lipinski definition) is 3. The minimum atomic E-state index is -0.0926. The van der Waals surface area contributed by atoms with E-state index in [0.29, 0.717) is 6.42 Å². The minimum Gasteiger partial charge on any atom is -0.325 e. The van der Waals surface area contributed by atoms with Gasteiger partial charge in [-0.2, -0.15) is 0 Å². The molecule has 0 aliphatic carbocycles. The van der Waals surface area contributed by atoms with E-state index in [2.05, 4.69) is 22.3 Å². The van der Waals surface area contributed by atoms with Crippen molar-refractivity contribution in [2.45, 2.75) is 38.3 Å². The lowest BCUT2D eigenvalue weighted by Crippen LogP contribution is -2.39. The van der Waals surface area contributed by atoms with Crippen molar-refractivity contribution >= 4 is 23.2 Å². The molecule has 2 aromatic carbocycles. The third kappa shape index (κ3) is 4.03. The van der Waals surface area contributed by atoms with Crippen molar-refractivity contribution in [3.63, 3.8) is 0 Å². The molecule has 0 radical (unpaired) electrons. The molecule has 2 fully saturated rings. The molecule has 2 aromatic rings. The van der Waals surface area contributed by atoms with Gasteiger partial charge in [0.2, 0.25) is 11.8 Å². The first kappa shape index (κ1) is 17.7. The predicted molar refractivity (Wildman–Crippen MR) is 107 cm³/mol. The highest BCUT2D eigenvalue weighted by Crippen LogP contribution is 2.25. The Kier molecular flexibility index (Phi) is 5.21. The number of likely N-dealkylation sites (tertiary alicyclic amines) is 1. The molecule has 0 aromatic heterocycles. The SMILES string of the molecule is O=C(Nc1ccc(N2CCCC2=O)cc1)C1CCCN1Cc1ccccc1. The molecule has 140 valence electrons. The number of nitrogens with zero attached hydrogens (tertiary/aromatic N) is 2. The second kappa shape index (κ2) is 7.92. The molecule has 0 spiro atoms. The summed E-state index contributed by atoms with van der Waals surface area (Å²) in [6.45, 7) is 2.53. The monoisotopic (exact) mass is 363 g/mol. The Morgan fingerprint density at radius 1 is 1.00 bits per heavy atom. The van der Waals surface area contributed by atoms with Crippen molar-refractivity contribution in [2.75, 3.05) is 23.3 Å². The lowest BCUT2D eigenvalue weighted by molar-refractivity contribution is -0.120. The van der Waals surface area contributed by atoms with Crippen molar-refractivity contribution in [1.82, 2.24) is 4.90 Å². The molecule has 1 N–H and O–H groups in total. The van der Waals surface area contributed by atoms with Gasteiger partial charge in [-0.1, -0.05) is 30.3 Å². The van der Waals surface area contributed by atoms with Gasteiger partial charge in [0, 0.05) is 30.9 Å². The van der Waals surface area contributed by atoms with Gasteiger partial charge >= 0.3 is 0 Å². The minimum absolute atomic E-state index is 0.0495. The first-order valence-corrected chi connectivity index (χ1v) is 9.70. The van der Waals surface area contributed by atoms with E-state index in [0.717, 1.165) is 50.3 Å². The van der Waals surface area contributed by atoms with Crippen molar-refractivity contribution in [3.05, 3.63) is 60.2 Å². The normalized spacial score (nSPS) is 20.2. The number of rotatable bonds is 5. The summed E-state index contributed by atoms with van der Waals surface area (Å²) in [5.41, 5.74) is 2.92. The van der Waals surface area contributed by atoms with Crippen molar-refractivity contribution in [1.29, 1.82) is 0 Å². The highest BCUT2D eigenvalue weighted by atomic mass is 16.2. The molecule has 5 heteroatoms. The van der Waals surface area contributed by atoms with Crippen LogP contribution in [0.4, 0.5) is 11.4 Å². The number of nitrogens with one attached hydrogen (secondary N) is 1. The average molecular weight is 363 g/mol. The molecule has 5 nitrogen and oxygen atoms in total. The summed E-state index contributed by atoms with van der Waals surface area (Å²) in [5, 5.41) is 3.04. The maximum absolute atomic E-state index is 12.8. The zero-order chi connectivity index (χ0) is 18.6. The summed E-state index contributed by atoms with van der Waals surface area (Å²) in [4.78, 5) is 28.7. The van der Waals surface area contributed by atoms with E-state index in [1.54, 1.807) is 0 Å². The van der Waals surface area contributed by atoms with Crippen molar-refractivity contribution < 1.29 is 9.59 Å². The molecular formula is C22H25N3O2. The van der Waals surface area contributed by atoms with Gasteiger partial charge in [-0.3, -0.25) is 14.5 Å². The number of amides is 2. The van der Waals surface area contributed by atoms with Crippen LogP contribution in [0.25, 0.3) is 0 Å². The Morgan fingerprint density at radius 2 is 1.78 bits per heavy atom. The smallest absolute Gasteiger partial charge is 0.241 e. The van der Waals surface area contributed by atoms with Gasteiger partial charge in [-0.15, -0.1) is 0 Å². The van der Waals surface area contributed by atoms with Crippen LogP contribution in [0.3, 0.4) is 0 Å². The second-order valence-corrected chi connectivity index (χ2v) is 7.30. The highest BCUT2D eigenvalue weighted by molar-refractivity contribution is 5.97. The average Bonchev–Trinajstić information content (AvgIpc) is 3.32. The number of benzene rings is 2. The topological polar surface area (TPSA) is 52.7 Å². The van der Waals surface area contributed by atoms with E-state index in [1.807, 2.05) is 47.4 Å². The number of carbonyl (C=O) groups is 2. The van der Waals surface area contributed by atoms with Gasteiger partial charge < -0.3 is 10.2 Å². The van der Waals surface area contributed by atoms with Crippen LogP contribution in [0, 0.1) is 0 Å². The molecule has 4 rings (SSSR count). The van der Waals surface area contributed by atoms with Crippen LogP contribution in [-0.4, -0.2) is 35.8 Å². The fourth-order valence-corrected chi connectivity index (χ4v) is 4.00. The van der Waals surface area contributed by atoms with Crippen molar-refractivity contribution in [2.24, 2.45) is 0 Å². The van der Waals surface area contributed by atoms with Crippen LogP contribution < -0.4 is 10.2 Å². The first-order valence-electron chi connectivity index (χ1n) is 9.70. The largest absolute Gasteiger partial charge is 0.325 e. The van der Waals surface area contributed by atoms with Crippen LogP contribution in [0.5, 0.6) is 0 Å².